The van der Waals surface area contributed by atoms with Gasteiger partial charge in [0.2, 0.25) is 0 Å². The molecular weight excluding hydrogens is 212 g/mol. The highest BCUT2D eigenvalue weighted by molar-refractivity contribution is 5.17. The van der Waals surface area contributed by atoms with E-state index in [9.17, 15) is 0 Å². The first-order chi connectivity index (χ1) is 8.29. The fourth-order valence-electron chi connectivity index (χ4n) is 2.47. The SMILES string of the molecule is CC(C1CC1)n1nnc(CC#N)c1CC1CC1. The number of nitrogens with zero attached hydrogens (tertiary/aromatic N) is 4. The average Bonchev–Trinajstić information content (AvgIpc) is 3.20. The van der Waals surface area contributed by atoms with E-state index in [0.29, 0.717) is 12.5 Å². The van der Waals surface area contributed by atoms with E-state index in [1.54, 1.807) is 0 Å². The van der Waals surface area contributed by atoms with Gasteiger partial charge in [-0.25, -0.2) is 4.68 Å². The van der Waals surface area contributed by atoms with Gasteiger partial charge in [0.25, 0.3) is 0 Å². The Bertz CT molecular complexity index is 448. The summed E-state index contributed by atoms with van der Waals surface area (Å²) in [6, 6.07) is 2.66. The summed E-state index contributed by atoms with van der Waals surface area (Å²) in [5.74, 6) is 1.60. The standard InChI is InChI=1S/C13H18N4/c1-9(11-4-5-11)17-13(8-10-2-3-10)12(6-7-14)15-16-17/h9-11H,2-6,8H2,1H3. The molecule has 0 saturated heterocycles. The molecule has 0 spiro atoms. The van der Waals surface area contributed by atoms with Gasteiger partial charge in [0.15, 0.2) is 0 Å². The zero-order valence-electron chi connectivity index (χ0n) is 10.3. The fraction of sp³-hybridized carbons (Fsp3) is 0.769. The molecule has 4 heteroatoms. The van der Waals surface area contributed by atoms with Crippen LogP contribution in [0.2, 0.25) is 0 Å². The van der Waals surface area contributed by atoms with Gasteiger partial charge in [-0.2, -0.15) is 5.26 Å². The average molecular weight is 230 g/mol. The van der Waals surface area contributed by atoms with Crippen LogP contribution in [0.15, 0.2) is 0 Å². The Kier molecular flexibility index (Phi) is 2.62. The molecule has 90 valence electrons. The van der Waals surface area contributed by atoms with Crippen LogP contribution in [-0.2, 0) is 12.8 Å². The highest BCUT2D eigenvalue weighted by Crippen LogP contribution is 2.41. The minimum absolute atomic E-state index is 0.402. The van der Waals surface area contributed by atoms with Crippen molar-refractivity contribution in [2.24, 2.45) is 11.8 Å². The summed E-state index contributed by atoms with van der Waals surface area (Å²) in [5, 5.41) is 17.3. The topological polar surface area (TPSA) is 54.5 Å². The van der Waals surface area contributed by atoms with E-state index >= 15 is 0 Å². The van der Waals surface area contributed by atoms with Gasteiger partial charge < -0.3 is 0 Å². The predicted octanol–water partition coefficient (Wildman–Crippen LogP) is 2.27. The zero-order chi connectivity index (χ0) is 11.8. The van der Waals surface area contributed by atoms with Crippen molar-refractivity contribution in [3.63, 3.8) is 0 Å². The molecule has 0 N–H and O–H groups in total. The minimum Gasteiger partial charge on any atom is -0.246 e. The maximum absolute atomic E-state index is 8.84. The maximum Gasteiger partial charge on any atom is 0.0999 e. The van der Waals surface area contributed by atoms with Gasteiger partial charge in [0.1, 0.15) is 0 Å². The molecule has 0 aromatic carbocycles. The van der Waals surface area contributed by atoms with Crippen LogP contribution in [-0.4, -0.2) is 15.0 Å². The van der Waals surface area contributed by atoms with Crippen LogP contribution in [0.1, 0.15) is 50.0 Å². The number of nitriles is 1. The van der Waals surface area contributed by atoms with Crippen molar-refractivity contribution in [2.45, 2.75) is 51.5 Å². The predicted molar refractivity (Wildman–Crippen MR) is 63.2 cm³/mol. The second-order valence-corrected chi connectivity index (χ2v) is 5.49. The molecule has 0 bridgehead atoms. The van der Waals surface area contributed by atoms with Crippen molar-refractivity contribution in [1.29, 1.82) is 5.26 Å². The third-order valence-electron chi connectivity index (χ3n) is 3.99. The molecule has 2 aliphatic rings. The highest BCUT2D eigenvalue weighted by Gasteiger charge is 2.33. The molecule has 2 saturated carbocycles. The molecule has 3 rings (SSSR count). The zero-order valence-corrected chi connectivity index (χ0v) is 10.3. The van der Waals surface area contributed by atoms with Crippen molar-refractivity contribution >= 4 is 0 Å². The largest absolute Gasteiger partial charge is 0.246 e. The lowest BCUT2D eigenvalue weighted by molar-refractivity contribution is 0.412. The van der Waals surface area contributed by atoms with E-state index in [0.717, 1.165) is 24.0 Å². The lowest BCUT2D eigenvalue weighted by Crippen LogP contribution is -2.13. The van der Waals surface area contributed by atoms with Crippen molar-refractivity contribution in [3.05, 3.63) is 11.4 Å². The number of hydrogen-bond acceptors (Lipinski definition) is 3. The Labute approximate surface area is 102 Å². The highest BCUT2D eigenvalue weighted by atomic mass is 15.4. The van der Waals surface area contributed by atoms with Crippen molar-refractivity contribution in [1.82, 2.24) is 15.0 Å². The Morgan fingerprint density at radius 3 is 2.76 bits per heavy atom. The smallest absolute Gasteiger partial charge is 0.0999 e. The Morgan fingerprint density at radius 2 is 2.18 bits per heavy atom. The van der Waals surface area contributed by atoms with Crippen LogP contribution >= 0.6 is 0 Å². The second-order valence-electron chi connectivity index (χ2n) is 5.49. The first-order valence-electron chi connectivity index (χ1n) is 6.59. The van der Waals surface area contributed by atoms with Gasteiger partial charge in [-0.3, -0.25) is 0 Å². The van der Waals surface area contributed by atoms with E-state index in [1.165, 1.54) is 31.4 Å². The van der Waals surface area contributed by atoms with Gasteiger partial charge in [0, 0.05) is 0 Å². The molecule has 17 heavy (non-hydrogen) atoms. The quantitative estimate of drug-likeness (QED) is 0.779. The van der Waals surface area contributed by atoms with Crippen LogP contribution in [0.4, 0.5) is 0 Å². The lowest BCUT2D eigenvalue weighted by Gasteiger charge is -2.14. The molecule has 1 aromatic heterocycles. The van der Waals surface area contributed by atoms with E-state index in [2.05, 4.69) is 28.0 Å². The Balaban J connectivity index is 1.86. The molecule has 1 atom stereocenters. The Hall–Kier alpha value is -1.37. The first-order valence-corrected chi connectivity index (χ1v) is 6.59. The molecule has 1 unspecified atom stereocenters. The molecule has 4 nitrogen and oxygen atoms in total. The number of rotatable bonds is 5. The van der Waals surface area contributed by atoms with Gasteiger partial charge in [-0.1, -0.05) is 5.21 Å². The molecule has 1 heterocycles. The third kappa shape index (κ3) is 2.19. The summed E-state index contributed by atoms with van der Waals surface area (Å²) in [7, 11) is 0. The molecule has 0 amide bonds. The van der Waals surface area contributed by atoms with E-state index in [4.69, 9.17) is 5.26 Å². The summed E-state index contributed by atoms with van der Waals surface area (Å²) in [4.78, 5) is 0. The maximum atomic E-state index is 8.84. The van der Waals surface area contributed by atoms with Gasteiger partial charge in [0.05, 0.1) is 29.9 Å². The minimum atomic E-state index is 0.402. The van der Waals surface area contributed by atoms with E-state index in [1.807, 2.05) is 0 Å². The number of aromatic nitrogens is 3. The van der Waals surface area contributed by atoms with Crippen molar-refractivity contribution in [2.75, 3.05) is 0 Å². The molecule has 0 aliphatic heterocycles. The summed E-state index contributed by atoms with van der Waals surface area (Å²) in [6.45, 7) is 2.24. The van der Waals surface area contributed by atoms with Crippen LogP contribution in [0.25, 0.3) is 0 Å². The second kappa shape index (κ2) is 4.14. The summed E-state index contributed by atoms with van der Waals surface area (Å²) in [6.07, 6.45) is 6.76. The van der Waals surface area contributed by atoms with Crippen LogP contribution in [0, 0.1) is 23.2 Å². The summed E-state index contributed by atoms with van der Waals surface area (Å²) < 4.78 is 2.10. The van der Waals surface area contributed by atoms with Gasteiger partial charge in [-0.05, 0) is 50.9 Å². The first kappa shape index (κ1) is 10.8. The van der Waals surface area contributed by atoms with Crippen LogP contribution < -0.4 is 0 Å². The van der Waals surface area contributed by atoms with E-state index < -0.39 is 0 Å². The van der Waals surface area contributed by atoms with Crippen molar-refractivity contribution < 1.29 is 0 Å². The van der Waals surface area contributed by atoms with Gasteiger partial charge in [-0.15, -0.1) is 5.10 Å². The van der Waals surface area contributed by atoms with Crippen molar-refractivity contribution in [3.8, 4) is 6.07 Å². The normalized spacial score (nSPS) is 21.2. The summed E-state index contributed by atoms with van der Waals surface area (Å²) >= 11 is 0. The molecule has 2 fully saturated rings. The molecule has 2 aliphatic carbocycles. The number of hydrogen-bond donors (Lipinski definition) is 0. The third-order valence-corrected chi connectivity index (χ3v) is 3.99. The summed E-state index contributed by atoms with van der Waals surface area (Å²) in [5.41, 5.74) is 2.14. The fourth-order valence-corrected chi connectivity index (χ4v) is 2.47. The Morgan fingerprint density at radius 1 is 1.41 bits per heavy atom. The molecular formula is C13H18N4. The van der Waals surface area contributed by atoms with Crippen LogP contribution in [0.5, 0.6) is 0 Å². The molecule has 1 aromatic rings. The van der Waals surface area contributed by atoms with E-state index in [-0.39, 0.29) is 0 Å². The van der Waals surface area contributed by atoms with Crippen LogP contribution in [0.3, 0.4) is 0 Å². The molecule has 0 radical (unpaired) electrons. The lowest BCUT2D eigenvalue weighted by atomic mass is 10.1. The van der Waals surface area contributed by atoms with Gasteiger partial charge >= 0.3 is 0 Å². The monoisotopic (exact) mass is 230 g/mol.